The number of aryl methyl sites for hydroxylation is 1. The van der Waals surface area contributed by atoms with E-state index in [0.717, 1.165) is 31.2 Å². The van der Waals surface area contributed by atoms with E-state index in [4.69, 9.17) is 4.74 Å². The highest BCUT2D eigenvalue weighted by Crippen LogP contribution is 2.26. The molecule has 2 aromatic carbocycles. The van der Waals surface area contributed by atoms with Crippen LogP contribution in [0.4, 0.5) is 10.5 Å². The van der Waals surface area contributed by atoms with Crippen LogP contribution in [0.3, 0.4) is 0 Å². The van der Waals surface area contributed by atoms with E-state index < -0.39 is 0 Å². The molecule has 0 heterocycles. The van der Waals surface area contributed by atoms with Gasteiger partial charge in [-0.15, -0.1) is 0 Å². The van der Waals surface area contributed by atoms with Gasteiger partial charge in [0.15, 0.2) is 0 Å². The van der Waals surface area contributed by atoms with Gasteiger partial charge in [-0.05, 0) is 36.5 Å². The smallest absolute Gasteiger partial charge is 0.407 e. The summed E-state index contributed by atoms with van der Waals surface area (Å²) in [7, 11) is 0. The fourth-order valence-electron chi connectivity index (χ4n) is 3.15. The molecule has 25 heavy (non-hydrogen) atoms. The number of amides is 1. The van der Waals surface area contributed by atoms with Crippen LogP contribution in [-0.2, 0) is 17.8 Å². The SMILES string of the molecule is CCCc1ccccc1NC1CC(NC(=O)OCc2ccccc2)C1. The van der Waals surface area contributed by atoms with Crippen molar-refractivity contribution in [3.63, 3.8) is 0 Å². The maximum Gasteiger partial charge on any atom is 0.407 e. The largest absolute Gasteiger partial charge is 0.445 e. The molecular formula is C21H26N2O2. The number of hydrogen-bond donors (Lipinski definition) is 2. The lowest BCUT2D eigenvalue weighted by Gasteiger charge is -2.37. The summed E-state index contributed by atoms with van der Waals surface area (Å²) in [6.45, 7) is 2.51. The molecule has 132 valence electrons. The van der Waals surface area contributed by atoms with Gasteiger partial charge >= 0.3 is 6.09 Å². The number of hydrogen-bond acceptors (Lipinski definition) is 3. The third-order valence-corrected chi connectivity index (χ3v) is 4.57. The molecular weight excluding hydrogens is 312 g/mol. The Balaban J connectivity index is 1.39. The van der Waals surface area contributed by atoms with Crippen LogP contribution in [0.15, 0.2) is 54.6 Å². The lowest BCUT2D eigenvalue weighted by molar-refractivity contribution is 0.129. The maximum atomic E-state index is 11.9. The quantitative estimate of drug-likeness (QED) is 0.781. The molecule has 2 N–H and O–H groups in total. The first-order valence-corrected chi connectivity index (χ1v) is 9.06. The van der Waals surface area contributed by atoms with Crippen LogP contribution in [-0.4, -0.2) is 18.2 Å². The summed E-state index contributed by atoms with van der Waals surface area (Å²) in [5, 5.41) is 6.54. The lowest BCUT2D eigenvalue weighted by atomic mass is 9.86. The van der Waals surface area contributed by atoms with E-state index in [1.807, 2.05) is 30.3 Å². The van der Waals surface area contributed by atoms with Gasteiger partial charge in [0.2, 0.25) is 0 Å². The number of carbonyl (C=O) groups excluding carboxylic acids is 1. The topological polar surface area (TPSA) is 50.4 Å². The molecule has 0 spiro atoms. The fourth-order valence-corrected chi connectivity index (χ4v) is 3.15. The van der Waals surface area contributed by atoms with Crippen LogP contribution < -0.4 is 10.6 Å². The van der Waals surface area contributed by atoms with E-state index in [-0.39, 0.29) is 12.1 Å². The molecule has 0 bridgehead atoms. The van der Waals surface area contributed by atoms with Crippen LogP contribution in [0.5, 0.6) is 0 Å². The van der Waals surface area contributed by atoms with Crippen molar-refractivity contribution in [2.75, 3.05) is 5.32 Å². The summed E-state index contributed by atoms with van der Waals surface area (Å²) in [5.74, 6) is 0. The van der Waals surface area contributed by atoms with Gasteiger partial charge in [0, 0.05) is 17.8 Å². The highest BCUT2D eigenvalue weighted by molar-refractivity contribution is 5.68. The zero-order chi connectivity index (χ0) is 17.5. The van der Waals surface area contributed by atoms with E-state index >= 15 is 0 Å². The maximum absolute atomic E-state index is 11.9. The minimum atomic E-state index is -0.335. The number of rotatable bonds is 7. The molecule has 4 nitrogen and oxygen atoms in total. The van der Waals surface area contributed by atoms with Gasteiger partial charge in [-0.3, -0.25) is 0 Å². The summed E-state index contributed by atoms with van der Waals surface area (Å²) >= 11 is 0. The van der Waals surface area contributed by atoms with Gasteiger partial charge in [-0.2, -0.15) is 0 Å². The molecule has 0 unspecified atom stereocenters. The number of alkyl carbamates (subject to hydrolysis) is 1. The van der Waals surface area contributed by atoms with E-state index in [0.29, 0.717) is 12.6 Å². The normalized spacial score (nSPS) is 18.9. The van der Waals surface area contributed by atoms with Crippen molar-refractivity contribution in [3.05, 3.63) is 65.7 Å². The van der Waals surface area contributed by atoms with Crippen molar-refractivity contribution in [1.82, 2.24) is 5.32 Å². The molecule has 1 aliphatic carbocycles. The molecule has 1 amide bonds. The third kappa shape index (κ3) is 4.99. The van der Waals surface area contributed by atoms with Gasteiger partial charge in [-0.25, -0.2) is 4.79 Å². The molecule has 1 saturated carbocycles. The van der Waals surface area contributed by atoms with Crippen LogP contribution in [0.2, 0.25) is 0 Å². The zero-order valence-electron chi connectivity index (χ0n) is 14.7. The Morgan fingerprint density at radius 1 is 1.04 bits per heavy atom. The van der Waals surface area contributed by atoms with Crippen molar-refractivity contribution >= 4 is 11.8 Å². The standard InChI is InChI=1S/C21H26N2O2/c1-2-8-17-11-6-7-12-20(17)22-18-13-19(14-18)23-21(24)25-15-16-9-4-3-5-10-16/h3-7,9-12,18-19,22H,2,8,13-15H2,1H3,(H,23,24). The molecule has 1 fully saturated rings. The minimum absolute atomic E-state index is 0.194. The summed E-state index contributed by atoms with van der Waals surface area (Å²) < 4.78 is 5.27. The molecule has 0 atom stereocenters. The van der Waals surface area contributed by atoms with E-state index in [1.165, 1.54) is 11.3 Å². The Morgan fingerprint density at radius 2 is 1.76 bits per heavy atom. The van der Waals surface area contributed by atoms with Gasteiger partial charge < -0.3 is 15.4 Å². The van der Waals surface area contributed by atoms with Crippen molar-refractivity contribution < 1.29 is 9.53 Å². The Labute approximate surface area is 149 Å². The second-order valence-corrected chi connectivity index (χ2v) is 6.62. The molecule has 2 aromatic rings. The van der Waals surface area contributed by atoms with Crippen LogP contribution >= 0.6 is 0 Å². The average molecular weight is 338 g/mol. The van der Waals surface area contributed by atoms with Crippen molar-refractivity contribution in [1.29, 1.82) is 0 Å². The first kappa shape index (κ1) is 17.3. The zero-order valence-corrected chi connectivity index (χ0v) is 14.7. The van der Waals surface area contributed by atoms with Crippen molar-refractivity contribution in [3.8, 4) is 0 Å². The van der Waals surface area contributed by atoms with Gasteiger partial charge in [0.25, 0.3) is 0 Å². The molecule has 4 heteroatoms. The number of para-hydroxylation sites is 1. The van der Waals surface area contributed by atoms with Gasteiger partial charge in [0.05, 0.1) is 0 Å². The van der Waals surface area contributed by atoms with Crippen molar-refractivity contribution in [2.24, 2.45) is 0 Å². The van der Waals surface area contributed by atoms with Gasteiger partial charge in [0.1, 0.15) is 6.61 Å². The summed E-state index contributed by atoms with van der Waals surface area (Å²) in [6.07, 6.45) is 3.75. The monoisotopic (exact) mass is 338 g/mol. The highest BCUT2D eigenvalue weighted by atomic mass is 16.5. The Bertz CT molecular complexity index is 681. The molecule has 0 aromatic heterocycles. The third-order valence-electron chi connectivity index (χ3n) is 4.57. The molecule has 0 radical (unpaired) electrons. The van der Waals surface area contributed by atoms with Crippen molar-refractivity contribution in [2.45, 2.75) is 51.3 Å². The lowest BCUT2D eigenvalue weighted by Crippen LogP contribution is -2.49. The number of ether oxygens (including phenoxy) is 1. The second-order valence-electron chi connectivity index (χ2n) is 6.62. The van der Waals surface area contributed by atoms with E-state index in [2.05, 4.69) is 41.8 Å². The second kappa shape index (κ2) is 8.56. The summed E-state index contributed by atoms with van der Waals surface area (Å²) in [6, 6.07) is 18.8. The predicted octanol–water partition coefficient (Wildman–Crippen LogP) is 4.51. The first-order chi connectivity index (χ1) is 12.2. The fraction of sp³-hybridized carbons (Fsp3) is 0.381. The van der Waals surface area contributed by atoms with E-state index in [1.54, 1.807) is 0 Å². The predicted molar refractivity (Wildman–Crippen MR) is 101 cm³/mol. The number of nitrogens with one attached hydrogen (secondary N) is 2. The number of benzene rings is 2. The first-order valence-electron chi connectivity index (χ1n) is 9.06. The number of anilines is 1. The molecule has 3 rings (SSSR count). The average Bonchev–Trinajstić information content (AvgIpc) is 2.61. The summed E-state index contributed by atoms with van der Waals surface area (Å²) in [5.41, 5.74) is 3.58. The van der Waals surface area contributed by atoms with Crippen LogP contribution in [0, 0.1) is 0 Å². The Morgan fingerprint density at radius 3 is 2.52 bits per heavy atom. The minimum Gasteiger partial charge on any atom is -0.445 e. The Hall–Kier alpha value is -2.49. The molecule has 1 aliphatic rings. The molecule has 0 saturated heterocycles. The van der Waals surface area contributed by atoms with Gasteiger partial charge in [-0.1, -0.05) is 61.9 Å². The van der Waals surface area contributed by atoms with Crippen LogP contribution in [0.25, 0.3) is 0 Å². The van der Waals surface area contributed by atoms with E-state index in [9.17, 15) is 4.79 Å². The highest BCUT2D eigenvalue weighted by Gasteiger charge is 2.30. The number of carbonyl (C=O) groups is 1. The molecule has 0 aliphatic heterocycles. The Kier molecular flexibility index (Phi) is 5.94. The van der Waals surface area contributed by atoms with Crippen LogP contribution in [0.1, 0.15) is 37.3 Å². The summed E-state index contributed by atoms with van der Waals surface area (Å²) in [4.78, 5) is 11.9.